The number of rotatable bonds is 4. The van der Waals surface area contributed by atoms with Crippen LogP contribution in [0.25, 0.3) is 11.3 Å². The average Bonchev–Trinajstić information content (AvgIpc) is 3.51. The van der Waals surface area contributed by atoms with Crippen molar-refractivity contribution >= 4 is 17.2 Å². The number of fused-ring (bicyclic) bond motifs is 1. The number of carbonyl (C=O) groups is 1. The summed E-state index contributed by atoms with van der Waals surface area (Å²) in [5.41, 5.74) is 2.39. The molecule has 4 atom stereocenters. The third kappa shape index (κ3) is 3.52. The molecule has 0 unspecified atom stereocenters. The molecule has 3 aromatic heterocycles. The van der Waals surface area contributed by atoms with E-state index in [2.05, 4.69) is 20.3 Å². The molecule has 1 aliphatic carbocycles. The van der Waals surface area contributed by atoms with Gasteiger partial charge in [-0.15, -0.1) is 16.4 Å². The summed E-state index contributed by atoms with van der Waals surface area (Å²) in [4.78, 5) is 23.3. The summed E-state index contributed by atoms with van der Waals surface area (Å²) in [6.45, 7) is 3.46. The van der Waals surface area contributed by atoms with E-state index in [1.54, 1.807) is 19.5 Å². The Morgan fingerprint density at radius 3 is 2.67 bits per heavy atom. The Bertz CT molecular complexity index is 1040. The first-order chi connectivity index (χ1) is 14.6. The van der Waals surface area contributed by atoms with E-state index < -0.39 is 0 Å². The molecule has 3 aromatic rings. The second kappa shape index (κ2) is 7.88. The lowest BCUT2D eigenvalue weighted by molar-refractivity contribution is -0.00545. The Kier molecular flexibility index (Phi) is 5.08. The number of aromatic nitrogens is 5. The maximum absolute atomic E-state index is 12.9. The zero-order valence-electron chi connectivity index (χ0n) is 17.0. The summed E-state index contributed by atoms with van der Waals surface area (Å²) in [7, 11) is 1.76. The molecule has 9 heteroatoms. The highest BCUT2D eigenvalue weighted by molar-refractivity contribution is 7.09. The van der Waals surface area contributed by atoms with Crippen LogP contribution in [0.15, 0.2) is 36.1 Å². The van der Waals surface area contributed by atoms with Crippen molar-refractivity contribution in [1.29, 1.82) is 0 Å². The standard InChI is InChI=1S/C21H24N6O2S/c1-13-23-18(12-30-13)21(28)26-9-15-7-19(20(29-2)8-16(15)10-26)27-11-17(24-25-27)14-3-5-22-6-4-14/h3-6,11-12,15-16,19-20H,7-10H2,1-2H3/t15-,16+,19-,20-/m1/s1. The topological polar surface area (TPSA) is 86.0 Å². The molecule has 2 aliphatic rings. The lowest BCUT2D eigenvalue weighted by Gasteiger charge is -2.36. The second-order valence-corrected chi connectivity index (χ2v) is 9.18. The molecule has 1 saturated heterocycles. The lowest BCUT2D eigenvalue weighted by Crippen LogP contribution is -2.37. The van der Waals surface area contributed by atoms with Gasteiger partial charge in [0, 0.05) is 43.5 Å². The fraction of sp³-hybridized carbons (Fsp3) is 0.476. The van der Waals surface area contributed by atoms with E-state index in [-0.39, 0.29) is 18.1 Å². The number of likely N-dealkylation sites (tertiary alicyclic amines) is 1. The zero-order chi connectivity index (χ0) is 20.7. The van der Waals surface area contributed by atoms with Crippen LogP contribution in [-0.4, -0.2) is 62.1 Å². The minimum atomic E-state index is 0.0417. The van der Waals surface area contributed by atoms with E-state index >= 15 is 0 Å². The highest BCUT2D eigenvalue weighted by Gasteiger charge is 2.45. The Morgan fingerprint density at radius 1 is 1.20 bits per heavy atom. The maximum Gasteiger partial charge on any atom is 0.273 e. The number of hydrogen-bond acceptors (Lipinski definition) is 7. The van der Waals surface area contributed by atoms with E-state index in [1.807, 2.05) is 40.2 Å². The number of carbonyl (C=O) groups excluding carboxylic acids is 1. The van der Waals surface area contributed by atoms with Crippen molar-refractivity contribution in [2.75, 3.05) is 20.2 Å². The van der Waals surface area contributed by atoms with E-state index in [1.165, 1.54) is 11.3 Å². The summed E-state index contributed by atoms with van der Waals surface area (Å²) >= 11 is 1.52. The number of methoxy groups -OCH3 is 1. The van der Waals surface area contributed by atoms with Crippen molar-refractivity contribution in [3.63, 3.8) is 0 Å². The molecule has 4 heterocycles. The molecule has 5 rings (SSSR count). The van der Waals surface area contributed by atoms with E-state index in [0.29, 0.717) is 17.5 Å². The summed E-state index contributed by atoms with van der Waals surface area (Å²) in [5.74, 6) is 0.914. The van der Waals surface area contributed by atoms with Crippen molar-refractivity contribution in [2.24, 2.45) is 11.8 Å². The molecule has 0 aromatic carbocycles. The quantitative estimate of drug-likeness (QED) is 0.640. The fourth-order valence-electron chi connectivity index (χ4n) is 4.81. The van der Waals surface area contributed by atoms with E-state index in [0.717, 1.165) is 42.2 Å². The van der Waals surface area contributed by atoms with Gasteiger partial charge in [0.15, 0.2) is 0 Å². The Labute approximate surface area is 178 Å². The van der Waals surface area contributed by atoms with Gasteiger partial charge < -0.3 is 9.64 Å². The molecular weight excluding hydrogens is 400 g/mol. The minimum absolute atomic E-state index is 0.0417. The van der Waals surface area contributed by atoms with Gasteiger partial charge in [0.25, 0.3) is 5.91 Å². The fourth-order valence-corrected chi connectivity index (χ4v) is 5.39. The van der Waals surface area contributed by atoms with Crippen LogP contribution in [-0.2, 0) is 4.74 Å². The van der Waals surface area contributed by atoms with Crippen LogP contribution in [0.5, 0.6) is 0 Å². The van der Waals surface area contributed by atoms with E-state index in [4.69, 9.17) is 4.74 Å². The first-order valence-electron chi connectivity index (χ1n) is 10.2. The molecule has 0 bridgehead atoms. The van der Waals surface area contributed by atoms with Gasteiger partial charge in [-0.25, -0.2) is 9.67 Å². The Hall–Kier alpha value is -2.65. The van der Waals surface area contributed by atoms with Crippen LogP contribution >= 0.6 is 11.3 Å². The van der Waals surface area contributed by atoms with Gasteiger partial charge in [0.05, 0.1) is 23.4 Å². The number of thiazole rings is 1. The lowest BCUT2D eigenvalue weighted by atomic mass is 9.77. The molecule has 156 valence electrons. The molecule has 30 heavy (non-hydrogen) atoms. The zero-order valence-corrected chi connectivity index (χ0v) is 17.8. The summed E-state index contributed by atoms with van der Waals surface area (Å²) in [6.07, 6.45) is 7.38. The smallest absolute Gasteiger partial charge is 0.273 e. The van der Waals surface area contributed by atoms with Gasteiger partial charge in [-0.1, -0.05) is 5.21 Å². The molecule has 2 fully saturated rings. The van der Waals surface area contributed by atoms with Crippen molar-refractivity contribution in [3.05, 3.63) is 46.8 Å². The molecule has 0 radical (unpaired) electrons. The monoisotopic (exact) mass is 424 g/mol. The number of ether oxygens (including phenoxy) is 1. The van der Waals surface area contributed by atoms with Gasteiger partial charge in [-0.05, 0) is 43.7 Å². The third-order valence-corrected chi connectivity index (χ3v) is 7.11. The Balaban J connectivity index is 1.33. The third-order valence-electron chi connectivity index (χ3n) is 6.34. The van der Waals surface area contributed by atoms with Crippen molar-refractivity contribution in [1.82, 2.24) is 29.9 Å². The second-order valence-electron chi connectivity index (χ2n) is 8.11. The normalized spacial score (nSPS) is 26.0. The molecule has 1 amide bonds. The first kappa shape index (κ1) is 19.3. The van der Waals surface area contributed by atoms with Gasteiger partial charge in [-0.3, -0.25) is 9.78 Å². The van der Waals surface area contributed by atoms with Crippen molar-refractivity contribution in [2.45, 2.75) is 31.9 Å². The van der Waals surface area contributed by atoms with Crippen molar-refractivity contribution in [3.8, 4) is 11.3 Å². The molecule has 1 saturated carbocycles. The predicted molar refractivity (Wildman–Crippen MR) is 112 cm³/mol. The molecule has 0 spiro atoms. The first-order valence-corrected chi connectivity index (χ1v) is 11.1. The highest BCUT2D eigenvalue weighted by atomic mass is 32.1. The van der Waals surface area contributed by atoms with Gasteiger partial charge in [0.1, 0.15) is 11.4 Å². The van der Waals surface area contributed by atoms with Crippen LogP contribution in [0.3, 0.4) is 0 Å². The number of hydrogen-bond donors (Lipinski definition) is 0. The van der Waals surface area contributed by atoms with Crippen LogP contribution in [0.1, 0.15) is 34.4 Å². The number of pyridine rings is 1. The number of aryl methyl sites for hydroxylation is 1. The van der Waals surface area contributed by atoms with Crippen LogP contribution in [0.2, 0.25) is 0 Å². The van der Waals surface area contributed by atoms with Gasteiger partial charge >= 0.3 is 0 Å². The molecular formula is C21H24N6O2S. The summed E-state index contributed by atoms with van der Waals surface area (Å²) in [6, 6.07) is 3.97. The molecule has 8 nitrogen and oxygen atoms in total. The van der Waals surface area contributed by atoms with Crippen molar-refractivity contribution < 1.29 is 9.53 Å². The van der Waals surface area contributed by atoms with Gasteiger partial charge in [-0.2, -0.15) is 0 Å². The SMILES string of the molecule is CO[C@@H]1C[C@H]2CN(C(=O)c3csc(C)n3)C[C@H]2C[C@H]1n1cc(-c2ccncc2)nn1. The molecule has 0 N–H and O–H groups in total. The average molecular weight is 425 g/mol. The largest absolute Gasteiger partial charge is 0.379 e. The van der Waals surface area contributed by atoms with Crippen LogP contribution < -0.4 is 0 Å². The Morgan fingerprint density at radius 2 is 1.97 bits per heavy atom. The number of amides is 1. The summed E-state index contributed by atoms with van der Waals surface area (Å²) < 4.78 is 7.79. The predicted octanol–water partition coefficient (Wildman–Crippen LogP) is 2.84. The van der Waals surface area contributed by atoms with E-state index in [9.17, 15) is 4.79 Å². The maximum atomic E-state index is 12.9. The molecule has 1 aliphatic heterocycles. The van der Waals surface area contributed by atoms with Gasteiger partial charge in [0.2, 0.25) is 0 Å². The number of nitrogens with zero attached hydrogens (tertiary/aromatic N) is 6. The minimum Gasteiger partial charge on any atom is -0.379 e. The van der Waals surface area contributed by atoms with Crippen LogP contribution in [0.4, 0.5) is 0 Å². The van der Waals surface area contributed by atoms with Crippen LogP contribution in [0, 0.1) is 18.8 Å². The summed E-state index contributed by atoms with van der Waals surface area (Å²) in [5, 5.41) is 11.5. The highest BCUT2D eigenvalue weighted by Crippen LogP contribution is 2.42.